The maximum Gasteiger partial charge on any atom is 0.118 e. The minimum Gasteiger partial charge on any atom is -0.497 e. The molecule has 2 nitrogen and oxygen atoms in total. The lowest BCUT2D eigenvalue weighted by Gasteiger charge is -2.09. The summed E-state index contributed by atoms with van der Waals surface area (Å²) in [6, 6.07) is 9.74. The molecule has 1 aromatic heterocycles. The number of benzene rings is 1. The zero-order valence-electron chi connectivity index (χ0n) is 10.2. The van der Waals surface area contributed by atoms with E-state index in [9.17, 15) is 0 Å². The second kappa shape index (κ2) is 4.84. The molecule has 0 fully saturated rings. The van der Waals surface area contributed by atoms with Gasteiger partial charge in [0, 0.05) is 5.56 Å². The van der Waals surface area contributed by atoms with Crippen LogP contribution in [-0.2, 0) is 0 Å². The van der Waals surface area contributed by atoms with E-state index in [1.54, 1.807) is 7.11 Å². The van der Waals surface area contributed by atoms with Crippen LogP contribution in [0.3, 0.4) is 0 Å². The van der Waals surface area contributed by atoms with E-state index in [0.29, 0.717) is 0 Å². The van der Waals surface area contributed by atoms with E-state index in [0.717, 1.165) is 28.4 Å². The Morgan fingerprint density at radius 2 is 1.82 bits per heavy atom. The summed E-state index contributed by atoms with van der Waals surface area (Å²) in [6.45, 7) is 3.86. The lowest BCUT2D eigenvalue weighted by atomic mass is 10.0. The summed E-state index contributed by atoms with van der Waals surface area (Å²) < 4.78 is 10.6. The van der Waals surface area contributed by atoms with Crippen molar-refractivity contribution in [2.75, 3.05) is 7.11 Å². The maximum atomic E-state index is 6.44. The van der Waals surface area contributed by atoms with Gasteiger partial charge in [-0.15, -0.1) is 11.6 Å². The molecule has 0 saturated heterocycles. The lowest BCUT2D eigenvalue weighted by Crippen LogP contribution is -1.93. The third-order valence-electron chi connectivity index (χ3n) is 2.76. The van der Waals surface area contributed by atoms with Crippen LogP contribution in [0.15, 0.2) is 34.7 Å². The molecule has 2 aromatic rings. The van der Waals surface area contributed by atoms with Crippen LogP contribution < -0.4 is 4.74 Å². The smallest absolute Gasteiger partial charge is 0.118 e. The first-order valence-electron chi connectivity index (χ1n) is 5.46. The van der Waals surface area contributed by atoms with E-state index >= 15 is 0 Å². The molecule has 17 heavy (non-hydrogen) atoms. The molecule has 90 valence electrons. The largest absolute Gasteiger partial charge is 0.497 e. The van der Waals surface area contributed by atoms with Gasteiger partial charge in [-0.25, -0.2) is 0 Å². The van der Waals surface area contributed by atoms with Crippen LogP contribution in [0.25, 0.3) is 0 Å². The Morgan fingerprint density at radius 3 is 2.29 bits per heavy atom. The van der Waals surface area contributed by atoms with E-state index in [4.69, 9.17) is 20.8 Å². The first kappa shape index (κ1) is 12.1. The van der Waals surface area contributed by atoms with Gasteiger partial charge >= 0.3 is 0 Å². The highest BCUT2D eigenvalue weighted by Crippen LogP contribution is 2.33. The molecule has 1 atom stereocenters. The summed E-state index contributed by atoms with van der Waals surface area (Å²) in [5.41, 5.74) is 2.06. The molecule has 2 rings (SSSR count). The number of hydrogen-bond acceptors (Lipinski definition) is 2. The summed E-state index contributed by atoms with van der Waals surface area (Å²) in [6.07, 6.45) is 0. The van der Waals surface area contributed by atoms with Crippen LogP contribution in [0.5, 0.6) is 5.75 Å². The van der Waals surface area contributed by atoms with E-state index in [-0.39, 0.29) is 5.38 Å². The second-order valence-electron chi connectivity index (χ2n) is 4.00. The molecule has 0 saturated carbocycles. The van der Waals surface area contributed by atoms with Crippen molar-refractivity contribution >= 4 is 11.6 Å². The molecule has 0 aliphatic rings. The average molecular weight is 251 g/mol. The van der Waals surface area contributed by atoms with Gasteiger partial charge < -0.3 is 9.15 Å². The highest BCUT2D eigenvalue weighted by molar-refractivity contribution is 6.22. The number of rotatable bonds is 3. The number of alkyl halides is 1. The number of aryl methyl sites for hydroxylation is 2. The molecular formula is C14H15ClO2. The average Bonchev–Trinajstić information content (AvgIpc) is 2.68. The van der Waals surface area contributed by atoms with Gasteiger partial charge in [-0.05, 0) is 37.6 Å². The third-order valence-corrected chi connectivity index (χ3v) is 3.25. The molecular weight excluding hydrogens is 236 g/mol. The first-order chi connectivity index (χ1) is 8.11. The number of methoxy groups -OCH3 is 1. The highest BCUT2D eigenvalue weighted by atomic mass is 35.5. The number of ether oxygens (including phenoxy) is 1. The fourth-order valence-electron chi connectivity index (χ4n) is 1.85. The van der Waals surface area contributed by atoms with Crippen molar-refractivity contribution in [1.82, 2.24) is 0 Å². The standard InChI is InChI=1S/C14H15ClO2/c1-9-8-13(10(2)17-9)14(15)11-4-6-12(16-3)7-5-11/h4-8,14H,1-3H3. The second-order valence-corrected chi connectivity index (χ2v) is 4.44. The monoisotopic (exact) mass is 250 g/mol. The van der Waals surface area contributed by atoms with Crippen molar-refractivity contribution in [2.45, 2.75) is 19.2 Å². The van der Waals surface area contributed by atoms with E-state index in [1.807, 2.05) is 44.2 Å². The molecule has 0 aliphatic heterocycles. The first-order valence-corrected chi connectivity index (χ1v) is 5.90. The summed E-state index contributed by atoms with van der Waals surface area (Å²) in [4.78, 5) is 0. The van der Waals surface area contributed by atoms with Gasteiger partial charge in [0.2, 0.25) is 0 Å². The molecule has 0 spiro atoms. The molecule has 0 aliphatic carbocycles. The van der Waals surface area contributed by atoms with Crippen molar-refractivity contribution in [1.29, 1.82) is 0 Å². The van der Waals surface area contributed by atoms with Crippen LogP contribution >= 0.6 is 11.6 Å². The molecule has 0 amide bonds. The van der Waals surface area contributed by atoms with Crippen molar-refractivity contribution in [2.24, 2.45) is 0 Å². The van der Waals surface area contributed by atoms with Crippen LogP contribution in [0.1, 0.15) is 28.0 Å². The van der Waals surface area contributed by atoms with E-state index < -0.39 is 0 Å². The molecule has 0 bridgehead atoms. The van der Waals surface area contributed by atoms with Gasteiger partial charge in [0.25, 0.3) is 0 Å². The van der Waals surface area contributed by atoms with Gasteiger partial charge in [0.15, 0.2) is 0 Å². The van der Waals surface area contributed by atoms with Crippen molar-refractivity contribution in [3.63, 3.8) is 0 Å². The van der Waals surface area contributed by atoms with Crippen molar-refractivity contribution in [3.8, 4) is 5.75 Å². The Morgan fingerprint density at radius 1 is 1.18 bits per heavy atom. The number of halogens is 1. The summed E-state index contributed by atoms with van der Waals surface area (Å²) in [7, 11) is 1.65. The zero-order valence-corrected chi connectivity index (χ0v) is 10.9. The van der Waals surface area contributed by atoms with Crippen molar-refractivity contribution < 1.29 is 9.15 Å². The third kappa shape index (κ3) is 2.47. The Hall–Kier alpha value is -1.41. The minimum atomic E-state index is -0.182. The Labute approximate surface area is 106 Å². The molecule has 1 heterocycles. The Kier molecular flexibility index (Phi) is 3.43. The minimum absolute atomic E-state index is 0.182. The fourth-order valence-corrected chi connectivity index (χ4v) is 2.22. The van der Waals surface area contributed by atoms with E-state index in [1.165, 1.54) is 0 Å². The van der Waals surface area contributed by atoms with Gasteiger partial charge in [0.05, 0.1) is 12.5 Å². The van der Waals surface area contributed by atoms with Gasteiger partial charge in [-0.2, -0.15) is 0 Å². The maximum absolute atomic E-state index is 6.44. The predicted octanol–water partition coefficient (Wildman–Crippen LogP) is 4.23. The fraction of sp³-hybridized carbons (Fsp3) is 0.286. The molecule has 0 N–H and O–H groups in total. The predicted molar refractivity (Wildman–Crippen MR) is 68.9 cm³/mol. The van der Waals surface area contributed by atoms with Gasteiger partial charge in [-0.3, -0.25) is 0 Å². The molecule has 1 aromatic carbocycles. The van der Waals surface area contributed by atoms with E-state index in [2.05, 4.69) is 0 Å². The molecule has 3 heteroatoms. The van der Waals surface area contributed by atoms with Crippen LogP contribution in [0, 0.1) is 13.8 Å². The highest BCUT2D eigenvalue weighted by Gasteiger charge is 2.16. The quantitative estimate of drug-likeness (QED) is 0.761. The van der Waals surface area contributed by atoms with Crippen molar-refractivity contribution in [3.05, 3.63) is 53.0 Å². The zero-order chi connectivity index (χ0) is 12.4. The molecule has 1 unspecified atom stereocenters. The molecule has 0 radical (unpaired) electrons. The van der Waals surface area contributed by atoms with Gasteiger partial charge in [-0.1, -0.05) is 12.1 Å². The summed E-state index contributed by atoms with van der Waals surface area (Å²) in [5, 5.41) is -0.182. The summed E-state index contributed by atoms with van der Waals surface area (Å²) >= 11 is 6.44. The topological polar surface area (TPSA) is 22.4 Å². The number of furan rings is 1. The van der Waals surface area contributed by atoms with Crippen LogP contribution in [0.2, 0.25) is 0 Å². The normalized spacial score (nSPS) is 12.5. The lowest BCUT2D eigenvalue weighted by molar-refractivity contribution is 0.414. The summed E-state index contributed by atoms with van der Waals surface area (Å²) in [5.74, 6) is 2.59. The Balaban J connectivity index is 2.30. The van der Waals surface area contributed by atoms with Gasteiger partial charge in [0.1, 0.15) is 17.3 Å². The Bertz CT molecular complexity index is 499. The van der Waals surface area contributed by atoms with Crippen LogP contribution in [0.4, 0.5) is 0 Å². The number of hydrogen-bond donors (Lipinski definition) is 0. The SMILES string of the molecule is COc1ccc(C(Cl)c2cc(C)oc2C)cc1. The van der Waals surface area contributed by atoms with Crippen LogP contribution in [-0.4, -0.2) is 7.11 Å².